The van der Waals surface area contributed by atoms with Crippen molar-refractivity contribution < 1.29 is 22.7 Å². The maximum Gasteiger partial charge on any atom is 0.338 e. The molecule has 0 unspecified atom stereocenters. The molecule has 7 nitrogen and oxygen atoms in total. The number of benzene rings is 3. The lowest BCUT2D eigenvalue weighted by molar-refractivity contribution is -0.119. The van der Waals surface area contributed by atoms with Crippen molar-refractivity contribution in [2.45, 2.75) is 24.7 Å². The Labute approximate surface area is 193 Å². The van der Waals surface area contributed by atoms with Crippen LogP contribution in [0.15, 0.2) is 77.7 Å². The topological polar surface area (TPSA) is 92.8 Å². The number of nitrogens with zero attached hydrogens (tertiary/aromatic N) is 1. The zero-order valence-corrected chi connectivity index (χ0v) is 19.0. The first-order valence-electron chi connectivity index (χ1n) is 10.6. The molecule has 1 amide bonds. The third-order valence-electron chi connectivity index (χ3n) is 5.42. The quantitative estimate of drug-likeness (QED) is 0.558. The fourth-order valence-electron chi connectivity index (χ4n) is 3.69. The average Bonchev–Trinajstić information content (AvgIpc) is 2.83. The van der Waals surface area contributed by atoms with Gasteiger partial charge in [0.2, 0.25) is 0 Å². The van der Waals surface area contributed by atoms with E-state index in [1.54, 1.807) is 18.2 Å². The highest BCUT2D eigenvalue weighted by Crippen LogP contribution is 2.31. The highest BCUT2D eigenvalue weighted by atomic mass is 32.2. The first-order valence-corrected chi connectivity index (χ1v) is 12.0. The van der Waals surface area contributed by atoms with Gasteiger partial charge in [-0.05, 0) is 67.8 Å². The molecule has 0 aliphatic carbocycles. The third kappa shape index (κ3) is 5.06. The van der Waals surface area contributed by atoms with Gasteiger partial charge in [-0.3, -0.25) is 9.10 Å². The van der Waals surface area contributed by atoms with Gasteiger partial charge in [-0.2, -0.15) is 0 Å². The molecule has 0 fully saturated rings. The van der Waals surface area contributed by atoms with Crippen LogP contribution in [0.1, 0.15) is 27.9 Å². The number of sulfonamides is 1. The van der Waals surface area contributed by atoms with Gasteiger partial charge in [-0.15, -0.1) is 0 Å². The van der Waals surface area contributed by atoms with Crippen LogP contribution in [0.3, 0.4) is 0 Å². The Bertz CT molecular complexity index is 1270. The minimum atomic E-state index is -3.76. The summed E-state index contributed by atoms with van der Waals surface area (Å²) in [7, 11) is -3.76. The van der Waals surface area contributed by atoms with Gasteiger partial charge in [-0.1, -0.05) is 35.9 Å². The fraction of sp³-hybridized carbons (Fsp3) is 0.200. The minimum Gasteiger partial charge on any atom is -0.452 e. The predicted molar refractivity (Wildman–Crippen MR) is 126 cm³/mol. The second-order valence-electron chi connectivity index (χ2n) is 7.82. The first-order chi connectivity index (χ1) is 15.8. The van der Waals surface area contributed by atoms with E-state index in [9.17, 15) is 18.0 Å². The highest BCUT2D eigenvalue weighted by Gasteiger charge is 2.29. The van der Waals surface area contributed by atoms with Gasteiger partial charge in [0.1, 0.15) is 0 Å². The van der Waals surface area contributed by atoms with Crippen LogP contribution in [0.2, 0.25) is 0 Å². The van der Waals surface area contributed by atoms with Crippen LogP contribution in [-0.2, 0) is 26.0 Å². The Hall–Kier alpha value is -3.65. The summed E-state index contributed by atoms with van der Waals surface area (Å²) in [6, 6.07) is 20.3. The van der Waals surface area contributed by atoms with Crippen molar-refractivity contribution in [2.24, 2.45) is 0 Å². The maximum absolute atomic E-state index is 13.2. The summed E-state index contributed by atoms with van der Waals surface area (Å²) in [5.74, 6) is -1.17. The molecule has 0 spiro atoms. The lowest BCUT2D eigenvalue weighted by Gasteiger charge is -2.30. The van der Waals surface area contributed by atoms with Crippen molar-refractivity contribution in [1.82, 2.24) is 0 Å². The van der Waals surface area contributed by atoms with Crippen LogP contribution < -0.4 is 9.62 Å². The van der Waals surface area contributed by atoms with Crippen LogP contribution in [0.5, 0.6) is 0 Å². The molecule has 8 heteroatoms. The standard InChI is InChI=1S/C25H24N2O5S/c1-18-8-12-21(13-9-18)26-24(28)17-32-25(29)20-10-14-22(15-11-20)33(30,31)27-16-4-6-19-5-2-3-7-23(19)27/h2-3,5,7-15H,4,6,16-17H2,1H3,(H,26,28). The number of hydrogen-bond acceptors (Lipinski definition) is 5. The molecule has 1 heterocycles. The number of nitrogens with one attached hydrogen (secondary N) is 1. The zero-order chi connectivity index (χ0) is 23.4. The van der Waals surface area contributed by atoms with Gasteiger partial charge < -0.3 is 10.1 Å². The summed E-state index contributed by atoms with van der Waals surface area (Å²) in [5.41, 5.74) is 3.52. The van der Waals surface area contributed by atoms with Crippen molar-refractivity contribution in [1.29, 1.82) is 0 Å². The second kappa shape index (κ2) is 9.46. The maximum atomic E-state index is 13.2. The monoisotopic (exact) mass is 464 g/mol. The number of carbonyl (C=O) groups excluding carboxylic acids is 2. The van der Waals surface area contributed by atoms with Crippen molar-refractivity contribution in [3.63, 3.8) is 0 Å². The van der Waals surface area contributed by atoms with Crippen molar-refractivity contribution in [3.05, 3.63) is 89.5 Å². The van der Waals surface area contributed by atoms with E-state index in [1.807, 2.05) is 37.3 Å². The molecule has 0 radical (unpaired) electrons. The zero-order valence-electron chi connectivity index (χ0n) is 18.2. The highest BCUT2D eigenvalue weighted by molar-refractivity contribution is 7.92. The SMILES string of the molecule is Cc1ccc(NC(=O)COC(=O)c2ccc(S(=O)(=O)N3CCCc4ccccc43)cc2)cc1. The largest absolute Gasteiger partial charge is 0.452 e. The molecule has 4 rings (SSSR count). The summed E-state index contributed by atoms with van der Waals surface area (Å²) in [5, 5.41) is 2.65. The van der Waals surface area contributed by atoms with Crippen molar-refractivity contribution in [3.8, 4) is 0 Å². The summed E-state index contributed by atoms with van der Waals surface area (Å²) in [6.07, 6.45) is 1.58. The number of rotatable bonds is 6. The van der Waals surface area contributed by atoms with Crippen molar-refractivity contribution in [2.75, 3.05) is 22.8 Å². The molecule has 1 aliphatic heterocycles. The smallest absolute Gasteiger partial charge is 0.338 e. The van der Waals surface area contributed by atoms with Gasteiger partial charge in [0.25, 0.3) is 15.9 Å². The fourth-order valence-corrected chi connectivity index (χ4v) is 5.23. The molecule has 3 aromatic carbocycles. The molecule has 0 saturated carbocycles. The number of aryl methyl sites for hydroxylation is 2. The average molecular weight is 465 g/mol. The van der Waals surface area contributed by atoms with Gasteiger partial charge >= 0.3 is 5.97 Å². The summed E-state index contributed by atoms with van der Waals surface area (Å²) in [4.78, 5) is 24.4. The molecule has 0 saturated heterocycles. The summed E-state index contributed by atoms with van der Waals surface area (Å²) < 4.78 is 32.9. The van der Waals surface area contributed by atoms with E-state index < -0.39 is 28.5 Å². The van der Waals surface area contributed by atoms with Crippen LogP contribution in [0, 0.1) is 6.92 Å². The lowest BCUT2D eigenvalue weighted by atomic mass is 10.0. The second-order valence-corrected chi connectivity index (χ2v) is 9.69. The molecule has 170 valence electrons. The van der Waals surface area contributed by atoms with Gasteiger partial charge in [0.15, 0.2) is 6.61 Å². The molecule has 1 aliphatic rings. The number of hydrogen-bond donors (Lipinski definition) is 1. The Morgan fingerprint density at radius 3 is 2.39 bits per heavy atom. The predicted octanol–water partition coefficient (Wildman–Crippen LogP) is 3.93. The lowest BCUT2D eigenvalue weighted by Crippen LogP contribution is -2.35. The van der Waals surface area contributed by atoms with Crippen LogP contribution in [-0.4, -0.2) is 33.4 Å². The first kappa shape index (κ1) is 22.5. The normalized spacial score (nSPS) is 13.2. The number of ether oxygens (including phenoxy) is 1. The molecule has 3 aromatic rings. The van der Waals surface area contributed by atoms with Gasteiger partial charge in [0.05, 0.1) is 16.1 Å². The number of amides is 1. The molecule has 1 N–H and O–H groups in total. The van der Waals surface area contributed by atoms with E-state index >= 15 is 0 Å². The van der Waals surface area contributed by atoms with Gasteiger partial charge in [-0.25, -0.2) is 13.2 Å². The van der Waals surface area contributed by atoms with E-state index in [1.165, 1.54) is 28.6 Å². The van der Waals surface area contributed by atoms with Gasteiger partial charge in [0, 0.05) is 12.2 Å². The molecule has 0 aromatic heterocycles. The molecular formula is C25H24N2O5S. The van der Waals surface area contributed by atoms with Crippen LogP contribution in [0.4, 0.5) is 11.4 Å². The van der Waals surface area contributed by atoms with Crippen LogP contribution in [0.25, 0.3) is 0 Å². The molecule has 33 heavy (non-hydrogen) atoms. The van der Waals surface area contributed by atoms with E-state index in [2.05, 4.69) is 5.32 Å². The Balaban J connectivity index is 1.40. The molecular weight excluding hydrogens is 440 g/mol. The third-order valence-corrected chi connectivity index (χ3v) is 7.24. The number of fused-ring (bicyclic) bond motifs is 1. The van der Waals surface area contributed by atoms with E-state index in [-0.39, 0.29) is 10.5 Å². The summed E-state index contributed by atoms with van der Waals surface area (Å²) in [6.45, 7) is 1.89. The summed E-state index contributed by atoms with van der Waals surface area (Å²) >= 11 is 0. The van der Waals surface area contributed by atoms with Crippen LogP contribution >= 0.6 is 0 Å². The van der Waals surface area contributed by atoms with E-state index in [0.717, 1.165) is 24.0 Å². The van der Waals surface area contributed by atoms with E-state index in [4.69, 9.17) is 4.74 Å². The number of para-hydroxylation sites is 1. The molecule has 0 bridgehead atoms. The Kier molecular flexibility index (Phi) is 6.46. The van der Waals surface area contributed by atoms with E-state index in [0.29, 0.717) is 17.9 Å². The number of esters is 1. The minimum absolute atomic E-state index is 0.0906. The Morgan fingerprint density at radius 1 is 0.970 bits per heavy atom. The van der Waals surface area contributed by atoms with Crippen molar-refractivity contribution >= 4 is 33.3 Å². The number of anilines is 2. The number of carbonyl (C=O) groups is 2. The molecule has 0 atom stereocenters. The Morgan fingerprint density at radius 2 is 1.67 bits per heavy atom.